The van der Waals surface area contributed by atoms with Crippen LogP contribution in [0.5, 0.6) is 0 Å². The van der Waals surface area contributed by atoms with Gasteiger partial charge in [-0.05, 0) is 32.4 Å². The number of nitrogens with one attached hydrogen (secondary N) is 2. The van der Waals surface area contributed by atoms with E-state index in [1.807, 2.05) is 13.0 Å². The van der Waals surface area contributed by atoms with Crippen molar-refractivity contribution in [3.05, 3.63) is 51.3 Å². The van der Waals surface area contributed by atoms with Crippen LogP contribution in [0.25, 0.3) is 0 Å². The van der Waals surface area contributed by atoms with Crippen LogP contribution < -0.4 is 5.32 Å². The molecule has 0 aliphatic rings. The Hall–Kier alpha value is -1.13. The topological polar surface area (TPSA) is 40.7 Å². The molecule has 0 fully saturated rings. The molecule has 0 saturated carbocycles. The second-order valence-electron chi connectivity index (χ2n) is 4.54. The van der Waals surface area contributed by atoms with Crippen LogP contribution in [-0.2, 0) is 6.54 Å². The van der Waals surface area contributed by atoms with Gasteiger partial charge in [-0.3, -0.25) is 5.10 Å². The maximum absolute atomic E-state index is 4.21. The maximum atomic E-state index is 4.21. The van der Waals surface area contributed by atoms with Gasteiger partial charge in [0.05, 0.1) is 5.69 Å². The first-order valence-electron chi connectivity index (χ1n) is 6.08. The number of hydrogen-bond acceptors (Lipinski definition) is 2. The molecule has 0 spiro atoms. The summed E-state index contributed by atoms with van der Waals surface area (Å²) < 4.78 is 1.14. The van der Waals surface area contributed by atoms with Crippen molar-refractivity contribution in [1.29, 1.82) is 0 Å². The first-order chi connectivity index (χ1) is 8.59. The lowest BCUT2D eigenvalue weighted by molar-refractivity contribution is 0.570. The molecule has 1 atom stereocenters. The van der Waals surface area contributed by atoms with Crippen molar-refractivity contribution in [1.82, 2.24) is 15.5 Å². The predicted molar refractivity (Wildman–Crippen MR) is 77.5 cm³/mol. The fraction of sp³-hybridized carbons (Fsp3) is 0.357. The molecule has 0 bridgehead atoms. The van der Waals surface area contributed by atoms with Crippen LogP contribution in [0.1, 0.15) is 35.5 Å². The molecule has 0 radical (unpaired) electrons. The van der Waals surface area contributed by atoms with Gasteiger partial charge in [0.25, 0.3) is 0 Å². The highest BCUT2D eigenvalue weighted by Crippen LogP contribution is 2.23. The highest BCUT2D eigenvalue weighted by atomic mass is 79.9. The van der Waals surface area contributed by atoms with Gasteiger partial charge in [-0.1, -0.05) is 34.1 Å². The second-order valence-corrected chi connectivity index (χ2v) is 5.39. The highest BCUT2D eigenvalue weighted by Gasteiger charge is 2.11. The van der Waals surface area contributed by atoms with Crippen molar-refractivity contribution in [3.63, 3.8) is 0 Å². The van der Waals surface area contributed by atoms with Crippen molar-refractivity contribution in [2.75, 3.05) is 0 Å². The van der Waals surface area contributed by atoms with E-state index >= 15 is 0 Å². The Labute approximate surface area is 116 Å². The molecule has 2 aromatic rings. The predicted octanol–water partition coefficient (Wildman–Crippen LogP) is 3.64. The van der Waals surface area contributed by atoms with Crippen LogP contribution in [0.15, 0.2) is 28.7 Å². The number of aromatic nitrogens is 2. The SMILES string of the molecule is Cc1n[nH]c(C)c1CNC(C)c1ccccc1Br. The van der Waals surface area contributed by atoms with Crippen LogP contribution in [0.3, 0.4) is 0 Å². The first-order valence-corrected chi connectivity index (χ1v) is 6.87. The monoisotopic (exact) mass is 307 g/mol. The van der Waals surface area contributed by atoms with Gasteiger partial charge >= 0.3 is 0 Å². The number of aryl methyl sites for hydroxylation is 2. The third kappa shape index (κ3) is 2.82. The number of hydrogen-bond donors (Lipinski definition) is 2. The van der Waals surface area contributed by atoms with Gasteiger partial charge < -0.3 is 5.32 Å². The lowest BCUT2D eigenvalue weighted by atomic mass is 10.1. The molecule has 96 valence electrons. The summed E-state index contributed by atoms with van der Waals surface area (Å²) in [5.74, 6) is 0. The molecule has 4 heteroatoms. The third-order valence-electron chi connectivity index (χ3n) is 3.24. The maximum Gasteiger partial charge on any atom is 0.0638 e. The van der Waals surface area contributed by atoms with Gasteiger partial charge in [0.2, 0.25) is 0 Å². The standard InChI is InChI=1S/C14H18BrN3/c1-9(12-6-4-5-7-14(12)15)16-8-13-10(2)17-18-11(13)3/h4-7,9,16H,8H2,1-3H3,(H,17,18). The Balaban J connectivity index is 2.05. The van der Waals surface area contributed by atoms with E-state index < -0.39 is 0 Å². The van der Waals surface area contributed by atoms with E-state index in [2.05, 4.69) is 63.5 Å². The van der Waals surface area contributed by atoms with E-state index in [1.165, 1.54) is 11.1 Å². The minimum atomic E-state index is 0.300. The molecule has 1 heterocycles. The van der Waals surface area contributed by atoms with E-state index in [4.69, 9.17) is 0 Å². The average Bonchev–Trinajstić information content (AvgIpc) is 2.67. The molecular formula is C14H18BrN3. The van der Waals surface area contributed by atoms with Crippen molar-refractivity contribution < 1.29 is 0 Å². The number of rotatable bonds is 4. The van der Waals surface area contributed by atoms with Crippen LogP contribution in [0.4, 0.5) is 0 Å². The Morgan fingerprint density at radius 1 is 1.33 bits per heavy atom. The summed E-state index contributed by atoms with van der Waals surface area (Å²) in [7, 11) is 0. The summed E-state index contributed by atoms with van der Waals surface area (Å²) in [4.78, 5) is 0. The van der Waals surface area contributed by atoms with Crippen LogP contribution >= 0.6 is 15.9 Å². The van der Waals surface area contributed by atoms with Gasteiger partial charge in [-0.15, -0.1) is 0 Å². The summed E-state index contributed by atoms with van der Waals surface area (Å²) in [5.41, 5.74) is 4.74. The van der Waals surface area contributed by atoms with Crippen molar-refractivity contribution in [2.24, 2.45) is 0 Å². The Kier molecular flexibility index (Phi) is 4.19. The molecule has 0 saturated heterocycles. The second kappa shape index (κ2) is 5.67. The van der Waals surface area contributed by atoms with E-state index in [0.717, 1.165) is 22.4 Å². The summed E-state index contributed by atoms with van der Waals surface area (Å²) in [6.45, 7) is 7.09. The normalized spacial score (nSPS) is 12.7. The molecule has 0 aliphatic carbocycles. The molecule has 3 nitrogen and oxygen atoms in total. The van der Waals surface area contributed by atoms with Gasteiger partial charge in [0.15, 0.2) is 0 Å². The molecule has 1 unspecified atom stereocenters. The molecule has 1 aromatic carbocycles. The Morgan fingerprint density at radius 3 is 2.67 bits per heavy atom. The zero-order chi connectivity index (χ0) is 13.1. The minimum Gasteiger partial charge on any atom is -0.306 e. The first kappa shape index (κ1) is 13.3. The Bertz CT molecular complexity index is 514. The fourth-order valence-electron chi connectivity index (χ4n) is 2.03. The quantitative estimate of drug-likeness (QED) is 0.905. The van der Waals surface area contributed by atoms with Crippen molar-refractivity contribution in [2.45, 2.75) is 33.4 Å². The van der Waals surface area contributed by atoms with Gasteiger partial charge in [0.1, 0.15) is 0 Å². The number of nitrogens with zero attached hydrogens (tertiary/aromatic N) is 1. The largest absolute Gasteiger partial charge is 0.306 e. The molecule has 18 heavy (non-hydrogen) atoms. The average molecular weight is 308 g/mol. The molecule has 1 aromatic heterocycles. The van der Waals surface area contributed by atoms with Gasteiger partial charge in [-0.2, -0.15) is 5.10 Å². The van der Waals surface area contributed by atoms with Crippen LogP contribution in [0, 0.1) is 13.8 Å². The fourth-order valence-corrected chi connectivity index (χ4v) is 2.65. The van der Waals surface area contributed by atoms with Crippen molar-refractivity contribution in [3.8, 4) is 0 Å². The molecule has 0 amide bonds. The zero-order valence-corrected chi connectivity index (χ0v) is 12.5. The summed E-state index contributed by atoms with van der Waals surface area (Å²) in [6.07, 6.45) is 0. The summed E-state index contributed by atoms with van der Waals surface area (Å²) in [6, 6.07) is 8.60. The number of halogens is 1. The van der Waals surface area contributed by atoms with E-state index in [1.54, 1.807) is 0 Å². The summed E-state index contributed by atoms with van der Waals surface area (Å²) in [5, 5.41) is 10.8. The number of benzene rings is 1. The minimum absolute atomic E-state index is 0.300. The third-order valence-corrected chi connectivity index (χ3v) is 3.96. The molecule has 0 aliphatic heterocycles. The van der Waals surface area contributed by atoms with E-state index in [9.17, 15) is 0 Å². The molecule has 2 N–H and O–H groups in total. The highest BCUT2D eigenvalue weighted by molar-refractivity contribution is 9.10. The van der Waals surface area contributed by atoms with Gasteiger partial charge in [-0.25, -0.2) is 0 Å². The lowest BCUT2D eigenvalue weighted by Gasteiger charge is -2.16. The zero-order valence-electron chi connectivity index (χ0n) is 10.9. The number of H-pyrrole nitrogens is 1. The van der Waals surface area contributed by atoms with Crippen LogP contribution in [0.2, 0.25) is 0 Å². The van der Waals surface area contributed by atoms with E-state index in [0.29, 0.717) is 6.04 Å². The molecular weight excluding hydrogens is 290 g/mol. The number of aromatic amines is 1. The smallest absolute Gasteiger partial charge is 0.0638 e. The van der Waals surface area contributed by atoms with E-state index in [-0.39, 0.29) is 0 Å². The Morgan fingerprint density at radius 2 is 2.06 bits per heavy atom. The molecule has 2 rings (SSSR count). The van der Waals surface area contributed by atoms with Crippen molar-refractivity contribution >= 4 is 15.9 Å². The summed E-state index contributed by atoms with van der Waals surface area (Å²) >= 11 is 3.59. The lowest BCUT2D eigenvalue weighted by Crippen LogP contribution is -2.19. The van der Waals surface area contributed by atoms with Crippen LogP contribution in [-0.4, -0.2) is 10.2 Å². The van der Waals surface area contributed by atoms with Gasteiger partial charge in [0, 0.05) is 28.3 Å².